The lowest BCUT2D eigenvalue weighted by Gasteiger charge is -2.13. The summed E-state index contributed by atoms with van der Waals surface area (Å²) in [5.41, 5.74) is 4.69. The van der Waals surface area contributed by atoms with Crippen LogP contribution in [0.5, 0.6) is 11.5 Å². The summed E-state index contributed by atoms with van der Waals surface area (Å²) in [7, 11) is 0. The van der Waals surface area contributed by atoms with Crippen LogP contribution >= 0.6 is 0 Å². The molecule has 38 heavy (non-hydrogen) atoms. The van der Waals surface area contributed by atoms with E-state index in [9.17, 15) is 9.59 Å². The number of rotatable bonds is 7. The van der Waals surface area contributed by atoms with Gasteiger partial charge in [0.25, 0.3) is 5.91 Å². The second-order valence-electron chi connectivity index (χ2n) is 9.43. The summed E-state index contributed by atoms with van der Waals surface area (Å²) >= 11 is 0. The van der Waals surface area contributed by atoms with Crippen LogP contribution in [0.4, 0.5) is 11.9 Å². The molecule has 1 saturated carbocycles. The highest BCUT2D eigenvalue weighted by Gasteiger charge is 2.26. The molecule has 0 unspecified atom stereocenters. The second-order valence-corrected chi connectivity index (χ2v) is 9.43. The van der Waals surface area contributed by atoms with Gasteiger partial charge in [0, 0.05) is 23.7 Å². The molecule has 11 heteroatoms. The van der Waals surface area contributed by atoms with Crippen molar-refractivity contribution < 1.29 is 19.1 Å². The molecule has 2 aliphatic heterocycles. The number of hydrogen-bond donors (Lipinski definition) is 3. The molecular formula is C27H23N7O4. The van der Waals surface area contributed by atoms with Gasteiger partial charge in [-0.1, -0.05) is 30.3 Å². The normalized spacial score (nSPS) is 17.3. The Hall–Kier alpha value is -4.93. The maximum atomic E-state index is 12.1. The lowest BCUT2D eigenvalue weighted by atomic mass is 9.99. The number of imide groups is 1. The number of anilines is 2. The smallest absolute Gasteiger partial charge is 0.254 e. The molecule has 3 N–H and O–H groups in total. The Balaban J connectivity index is 1.21. The minimum Gasteiger partial charge on any atom is -0.454 e. The Kier molecular flexibility index (Phi) is 5.20. The van der Waals surface area contributed by atoms with Crippen molar-refractivity contribution >= 4 is 35.4 Å². The highest BCUT2D eigenvalue weighted by Crippen LogP contribution is 2.37. The number of nitrogens with zero attached hydrogens (tertiary/aromatic N) is 4. The van der Waals surface area contributed by atoms with Gasteiger partial charge in [0.15, 0.2) is 17.1 Å². The summed E-state index contributed by atoms with van der Waals surface area (Å²) < 4.78 is 12.6. The number of carbonyl (C=O) groups is 2. The SMILES string of the molecule is O=C1C/C(=C\c2cnn3c(NC4CC4)nc(NCc4ccccc4-c4ccc5c(c4)OCO5)nc23)C(=O)N1. The third-order valence-corrected chi connectivity index (χ3v) is 6.67. The molecule has 2 aromatic heterocycles. The van der Waals surface area contributed by atoms with Crippen LogP contribution in [-0.4, -0.2) is 44.2 Å². The van der Waals surface area contributed by atoms with Gasteiger partial charge in [-0.15, -0.1) is 0 Å². The predicted octanol–water partition coefficient (Wildman–Crippen LogP) is 3.14. The molecule has 3 aliphatic rings. The summed E-state index contributed by atoms with van der Waals surface area (Å²) in [6.07, 6.45) is 5.46. The van der Waals surface area contributed by atoms with Crippen LogP contribution in [0.25, 0.3) is 22.9 Å². The van der Waals surface area contributed by atoms with Crippen molar-refractivity contribution in [1.29, 1.82) is 0 Å². The molecule has 7 rings (SSSR count). The van der Waals surface area contributed by atoms with Gasteiger partial charge in [0.2, 0.25) is 24.6 Å². The van der Waals surface area contributed by atoms with Gasteiger partial charge in [-0.25, -0.2) is 0 Å². The van der Waals surface area contributed by atoms with E-state index in [-0.39, 0.29) is 19.1 Å². The topological polar surface area (TPSA) is 132 Å². The monoisotopic (exact) mass is 509 g/mol. The zero-order valence-electron chi connectivity index (χ0n) is 20.2. The first-order valence-corrected chi connectivity index (χ1v) is 12.4. The van der Waals surface area contributed by atoms with Crippen molar-refractivity contribution in [2.75, 3.05) is 17.4 Å². The van der Waals surface area contributed by atoms with Crippen LogP contribution in [0.15, 0.2) is 54.2 Å². The van der Waals surface area contributed by atoms with Gasteiger partial charge in [-0.2, -0.15) is 19.6 Å². The first-order chi connectivity index (χ1) is 18.6. The zero-order chi connectivity index (χ0) is 25.6. The van der Waals surface area contributed by atoms with Crippen LogP contribution in [0.2, 0.25) is 0 Å². The van der Waals surface area contributed by atoms with Gasteiger partial charge in [-0.3, -0.25) is 14.9 Å². The molecule has 4 aromatic rings. The predicted molar refractivity (Wildman–Crippen MR) is 138 cm³/mol. The number of carbonyl (C=O) groups excluding carboxylic acids is 2. The Morgan fingerprint density at radius 1 is 1.08 bits per heavy atom. The average Bonchev–Trinajstić information content (AvgIpc) is 3.30. The van der Waals surface area contributed by atoms with E-state index in [0.29, 0.717) is 41.3 Å². The third kappa shape index (κ3) is 4.17. The van der Waals surface area contributed by atoms with Gasteiger partial charge in [0.05, 0.1) is 12.6 Å². The third-order valence-electron chi connectivity index (χ3n) is 6.67. The van der Waals surface area contributed by atoms with E-state index in [2.05, 4.69) is 33.2 Å². The maximum Gasteiger partial charge on any atom is 0.254 e. The van der Waals surface area contributed by atoms with Crippen LogP contribution in [0.1, 0.15) is 30.4 Å². The van der Waals surface area contributed by atoms with E-state index in [0.717, 1.165) is 41.0 Å². The molecule has 2 amide bonds. The van der Waals surface area contributed by atoms with Crippen LogP contribution in [0.3, 0.4) is 0 Å². The number of nitrogens with one attached hydrogen (secondary N) is 3. The summed E-state index contributed by atoms with van der Waals surface area (Å²) in [6, 6.07) is 14.4. The van der Waals surface area contributed by atoms with Crippen molar-refractivity contribution in [2.45, 2.75) is 31.8 Å². The van der Waals surface area contributed by atoms with Gasteiger partial charge in [-0.05, 0) is 47.7 Å². The molecule has 0 bridgehead atoms. The Labute approximate surface area is 216 Å². The van der Waals surface area contributed by atoms with Crippen LogP contribution in [0, 0.1) is 0 Å². The summed E-state index contributed by atoms with van der Waals surface area (Å²) in [5, 5.41) is 13.5. The number of benzene rings is 2. The van der Waals surface area contributed by atoms with Crippen molar-refractivity contribution in [3.8, 4) is 22.6 Å². The second kappa shape index (κ2) is 8.87. The van der Waals surface area contributed by atoms with Gasteiger partial charge < -0.3 is 20.1 Å². The standard InChI is InChI=1S/C27H23N7O4/c35-23-11-17(25(36)31-23)9-18-13-29-34-24(18)32-26(33-27(34)30-19-6-7-19)28-12-16-3-1-2-4-20(16)15-5-8-21-22(10-15)38-14-37-21/h1-5,8-10,13,19H,6-7,11-12,14H2,(H,31,35,36)(H2,28,30,32,33)/b17-9+. The number of ether oxygens (including phenoxy) is 2. The Morgan fingerprint density at radius 3 is 2.79 bits per heavy atom. The fraction of sp³-hybridized carbons (Fsp3) is 0.222. The van der Waals surface area contributed by atoms with E-state index in [1.54, 1.807) is 16.8 Å². The molecular weight excluding hydrogens is 486 g/mol. The zero-order valence-corrected chi connectivity index (χ0v) is 20.2. The molecule has 0 radical (unpaired) electrons. The molecule has 1 aliphatic carbocycles. The minimum atomic E-state index is -0.391. The Morgan fingerprint density at radius 2 is 1.95 bits per heavy atom. The van der Waals surface area contributed by atoms with Crippen molar-refractivity contribution in [3.05, 3.63) is 65.4 Å². The lowest BCUT2D eigenvalue weighted by Crippen LogP contribution is -2.19. The lowest BCUT2D eigenvalue weighted by molar-refractivity contribution is -0.124. The fourth-order valence-corrected chi connectivity index (χ4v) is 4.58. The molecule has 4 heterocycles. The molecule has 0 atom stereocenters. The summed E-state index contributed by atoms with van der Waals surface area (Å²) in [4.78, 5) is 33.2. The van der Waals surface area contributed by atoms with Gasteiger partial charge in [0.1, 0.15) is 0 Å². The number of hydrogen-bond acceptors (Lipinski definition) is 9. The van der Waals surface area contributed by atoms with Crippen molar-refractivity contribution in [1.82, 2.24) is 24.9 Å². The highest BCUT2D eigenvalue weighted by atomic mass is 16.7. The summed E-state index contributed by atoms with van der Waals surface area (Å²) in [6.45, 7) is 0.707. The van der Waals surface area contributed by atoms with Crippen LogP contribution < -0.4 is 25.4 Å². The van der Waals surface area contributed by atoms with Gasteiger partial charge >= 0.3 is 0 Å². The highest BCUT2D eigenvalue weighted by molar-refractivity contribution is 6.15. The number of aromatic nitrogens is 4. The fourth-order valence-electron chi connectivity index (χ4n) is 4.58. The number of fused-ring (bicyclic) bond motifs is 2. The molecule has 2 fully saturated rings. The van der Waals surface area contributed by atoms with E-state index >= 15 is 0 Å². The molecule has 0 spiro atoms. The first-order valence-electron chi connectivity index (χ1n) is 12.4. The molecule has 2 aromatic carbocycles. The van der Waals surface area contributed by atoms with E-state index in [1.165, 1.54) is 0 Å². The average molecular weight is 510 g/mol. The largest absolute Gasteiger partial charge is 0.454 e. The van der Waals surface area contributed by atoms with E-state index < -0.39 is 5.91 Å². The Bertz CT molecular complexity index is 1640. The number of amides is 2. The van der Waals surface area contributed by atoms with Crippen molar-refractivity contribution in [2.24, 2.45) is 0 Å². The molecule has 11 nitrogen and oxygen atoms in total. The molecule has 1 saturated heterocycles. The first kappa shape index (κ1) is 22.3. The van der Waals surface area contributed by atoms with E-state index in [4.69, 9.17) is 19.4 Å². The quantitative estimate of drug-likeness (QED) is 0.254. The maximum absolute atomic E-state index is 12.1. The molecule has 190 valence electrons. The minimum absolute atomic E-state index is 0.0379. The van der Waals surface area contributed by atoms with Crippen LogP contribution in [-0.2, 0) is 16.1 Å². The van der Waals surface area contributed by atoms with Crippen molar-refractivity contribution in [3.63, 3.8) is 0 Å². The van der Waals surface area contributed by atoms with E-state index in [1.807, 2.05) is 30.3 Å². The summed E-state index contributed by atoms with van der Waals surface area (Å²) in [5.74, 6) is 1.77.